The van der Waals surface area contributed by atoms with Gasteiger partial charge in [0.05, 0.1) is 9.90 Å². The van der Waals surface area contributed by atoms with Crippen LogP contribution in [0, 0.1) is 13.8 Å². The summed E-state index contributed by atoms with van der Waals surface area (Å²) in [5.74, 6) is -0.0702. The van der Waals surface area contributed by atoms with Gasteiger partial charge in [-0.05, 0) is 26.0 Å². The topological polar surface area (TPSA) is 66.9 Å². The zero-order chi connectivity index (χ0) is 14.0. The van der Waals surface area contributed by atoms with Crippen LogP contribution in [0.25, 0.3) is 0 Å². The summed E-state index contributed by atoms with van der Waals surface area (Å²) in [7, 11) is 0. The number of aryl methyl sites for hydroxylation is 2. The van der Waals surface area contributed by atoms with E-state index in [4.69, 9.17) is 23.2 Å². The van der Waals surface area contributed by atoms with E-state index < -0.39 is 5.91 Å². The number of hydrogen-bond donors (Lipinski definition) is 2. The van der Waals surface area contributed by atoms with Crippen LogP contribution >= 0.6 is 34.5 Å². The van der Waals surface area contributed by atoms with Crippen LogP contribution < -0.4 is 10.9 Å². The molecule has 8 heteroatoms. The highest BCUT2D eigenvalue weighted by molar-refractivity contribution is 7.20. The molecule has 2 rings (SSSR count). The predicted octanol–water partition coefficient (Wildman–Crippen LogP) is 3.22. The Balaban J connectivity index is 2.06. The minimum atomic E-state index is -0.393. The SMILES string of the molecule is Cc1cc(C)nc(NNC(=O)c2cc(Cl)sc2Cl)n1. The van der Waals surface area contributed by atoms with Crippen molar-refractivity contribution >= 4 is 46.4 Å². The third-order valence-electron chi connectivity index (χ3n) is 2.17. The lowest BCUT2D eigenvalue weighted by Crippen LogP contribution is -2.30. The molecule has 0 saturated carbocycles. The van der Waals surface area contributed by atoms with Gasteiger partial charge in [0, 0.05) is 11.4 Å². The van der Waals surface area contributed by atoms with Gasteiger partial charge < -0.3 is 0 Å². The first-order valence-corrected chi connectivity index (χ1v) is 6.86. The van der Waals surface area contributed by atoms with E-state index in [0.717, 1.165) is 22.7 Å². The molecule has 1 amide bonds. The Labute approximate surface area is 124 Å². The van der Waals surface area contributed by atoms with Crippen LogP contribution in [0.5, 0.6) is 0 Å². The Hall–Kier alpha value is -1.37. The molecule has 0 aliphatic rings. The van der Waals surface area contributed by atoms with Crippen LogP contribution in [0.1, 0.15) is 21.7 Å². The lowest BCUT2D eigenvalue weighted by Gasteiger charge is -2.07. The summed E-state index contributed by atoms with van der Waals surface area (Å²) >= 11 is 12.8. The summed E-state index contributed by atoms with van der Waals surface area (Å²) < 4.78 is 0.795. The van der Waals surface area contributed by atoms with Gasteiger partial charge in [0.25, 0.3) is 5.91 Å². The molecule has 0 atom stereocenters. The molecule has 0 radical (unpaired) electrons. The molecule has 2 aromatic rings. The highest BCUT2D eigenvalue weighted by Crippen LogP contribution is 2.30. The quantitative estimate of drug-likeness (QED) is 0.853. The molecule has 2 N–H and O–H groups in total. The van der Waals surface area contributed by atoms with Crippen molar-refractivity contribution < 1.29 is 4.79 Å². The number of nitrogens with zero attached hydrogens (tertiary/aromatic N) is 2. The van der Waals surface area contributed by atoms with E-state index in [1.807, 2.05) is 19.9 Å². The van der Waals surface area contributed by atoms with Crippen LogP contribution in [0.4, 0.5) is 5.95 Å². The van der Waals surface area contributed by atoms with E-state index >= 15 is 0 Å². The zero-order valence-electron chi connectivity index (χ0n) is 10.1. The van der Waals surface area contributed by atoms with E-state index in [2.05, 4.69) is 20.8 Å². The van der Waals surface area contributed by atoms with Crippen molar-refractivity contribution in [1.82, 2.24) is 15.4 Å². The van der Waals surface area contributed by atoms with Crippen LogP contribution in [-0.4, -0.2) is 15.9 Å². The van der Waals surface area contributed by atoms with Gasteiger partial charge in [-0.3, -0.25) is 15.6 Å². The molecule has 0 aromatic carbocycles. The second-order valence-electron chi connectivity index (χ2n) is 3.79. The molecule has 100 valence electrons. The van der Waals surface area contributed by atoms with Crippen LogP contribution in [-0.2, 0) is 0 Å². The Kier molecular flexibility index (Phi) is 4.24. The number of hydrazine groups is 1. The maximum Gasteiger partial charge on any atom is 0.272 e. The molecule has 0 unspecified atom stereocenters. The molecule has 0 aliphatic heterocycles. The number of thiophene rings is 1. The van der Waals surface area contributed by atoms with Gasteiger partial charge in [-0.25, -0.2) is 9.97 Å². The summed E-state index contributed by atoms with van der Waals surface area (Å²) in [4.78, 5) is 20.1. The number of anilines is 1. The largest absolute Gasteiger partial charge is 0.272 e. The van der Waals surface area contributed by atoms with Gasteiger partial charge in [-0.1, -0.05) is 23.2 Å². The standard InChI is InChI=1S/C11H10Cl2N4OS/c1-5-3-6(2)15-11(14-5)17-16-10(18)7-4-8(12)19-9(7)13/h3-4H,1-2H3,(H,16,18)(H,14,15,17). The highest BCUT2D eigenvalue weighted by atomic mass is 35.5. The monoisotopic (exact) mass is 316 g/mol. The summed E-state index contributed by atoms with van der Waals surface area (Å²) in [6.07, 6.45) is 0. The zero-order valence-corrected chi connectivity index (χ0v) is 12.4. The first kappa shape index (κ1) is 14.0. The second-order valence-corrected chi connectivity index (χ2v) is 6.08. The molecule has 5 nitrogen and oxygen atoms in total. The van der Waals surface area contributed by atoms with Gasteiger partial charge in [0.1, 0.15) is 4.34 Å². The van der Waals surface area contributed by atoms with E-state index in [9.17, 15) is 4.79 Å². The summed E-state index contributed by atoms with van der Waals surface area (Å²) in [6, 6.07) is 3.34. The number of nitrogens with one attached hydrogen (secondary N) is 2. The molecule has 0 aliphatic carbocycles. The molecule has 2 heterocycles. The van der Waals surface area contributed by atoms with Gasteiger partial charge >= 0.3 is 0 Å². The molecule has 2 aromatic heterocycles. The Morgan fingerprint density at radius 3 is 2.37 bits per heavy atom. The third-order valence-corrected chi connectivity index (χ3v) is 3.66. The number of halogens is 2. The second kappa shape index (κ2) is 5.73. The first-order valence-electron chi connectivity index (χ1n) is 5.29. The van der Waals surface area contributed by atoms with E-state index in [1.54, 1.807) is 0 Å². The lowest BCUT2D eigenvalue weighted by atomic mass is 10.3. The predicted molar refractivity (Wildman–Crippen MR) is 76.9 cm³/mol. The van der Waals surface area contributed by atoms with Crippen molar-refractivity contribution in [1.29, 1.82) is 0 Å². The average molecular weight is 317 g/mol. The van der Waals surface area contributed by atoms with Gasteiger partial charge in [0.2, 0.25) is 5.95 Å². The van der Waals surface area contributed by atoms with Crippen LogP contribution in [0.15, 0.2) is 12.1 Å². The van der Waals surface area contributed by atoms with E-state index in [1.165, 1.54) is 6.07 Å². The summed E-state index contributed by atoms with van der Waals surface area (Å²) in [5.41, 5.74) is 7.04. The molecule has 0 bridgehead atoms. The van der Waals surface area contributed by atoms with Crippen molar-refractivity contribution in [3.63, 3.8) is 0 Å². The van der Waals surface area contributed by atoms with Crippen molar-refractivity contribution in [2.75, 3.05) is 5.43 Å². The van der Waals surface area contributed by atoms with Gasteiger partial charge in [-0.2, -0.15) is 0 Å². The van der Waals surface area contributed by atoms with Gasteiger partial charge in [-0.15, -0.1) is 11.3 Å². The maximum absolute atomic E-state index is 11.9. The molecular formula is C11H10Cl2N4OS. The van der Waals surface area contributed by atoms with E-state index in [0.29, 0.717) is 20.2 Å². The van der Waals surface area contributed by atoms with Crippen molar-refractivity contribution in [3.8, 4) is 0 Å². The maximum atomic E-state index is 11.9. The number of amides is 1. The van der Waals surface area contributed by atoms with Crippen molar-refractivity contribution in [2.45, 2.75) is 13.8 Å². The van der Waals surface area contributed by atoms with Crippen LogP contribution in [0.2, 0.25) is 8.67 Å². The number of carbonyl (C=O) groups excluding carboxylic acids is 1. The van der Waals surface area contributed by atoms with Crippen molar-refractivity contribution in [2.24, 2.45) is 0 Å². The molecular weight excluding hydrogens is 307 g/mol. The molecule has 19 heavy (non-hydrogen) atoms. The normalized spacial score (nSPS) is 10.3. The Morgan fingerprint density at radius 1 is 1.21 bits per heavy atom. The van der Waals surface area contributed by atoms with E-state index in [-0.39, 0.29) is 0 Å². The average Bonchev–Trinajstić information content (AvgIpc) is 2.64. The van der Waals surface area contributed by atoms with Crippen molar-refractivity contribution in [3.05, 3.63) is 37.8 Å². The smallest absolute Gasteiger partial charge is 0.267 e. The minimum absolute atomic E-state index is 0.313. The number of carbonyl (C=O) groups is 1. The Bertz CT molecular complexity index is 609. The highest BCUT2D eigenvalue weighted by Gasteiger charge is 2.14. The molecule has 0 fully saturated rings. The lowest BCUT2D eigenvalue weighted by molar-refractivity contribution is 0.0963. The number of hydrogen-bond acceptors (Lipinski definition) is 5. The first-order chi connectivity index (χ1) is 8.95. The van der Waals surface area contributed by atoms with Crippen LogP contribution in [0.3, 0.4) is 0 Å². The molecule has 0 saturated heterocycles. The third kappa shape index (κ3) is 3.56. The fraction of sp³-hybridized carbons (Fsp3) is 0.182. The Morgan fingerprint density at radius 2 is 1.84 bits per heavy atom. The summed E-state index contributed by atoms with van der Waals surface area (Å²) in [5, 5.41) is 0. The number of rotatable bonds is 3. The minimum Gasteiger partial charge on any atom is -0.267 e. The fourth-order valence-electron chi connectivity index (χ4n) is 1.46. The van der Waals surface area contributed by atoms with Gasteiger partial charge in [0.15, 0.2) is 0 Å². The fourth-order valence-corrected chi connectivity index (χ4v) is 2.92. The number of aromatic nitrogens is 2. The molecule has 0 spiro atoms. The summed E-state index contributed by atoms with van der Waals surface area (Å²) in [6.45, 7) is 3.69.